The number of thiophene rings is 1. The van der Waals surface area contributed by atoms with E-state index in [0.717, 1.165) is 0 Å². The van der Waals surface area contributed by atoms with Crippen molar-refractivity contribution in [2.24, 2.45) is 0 Å². The maximum Gasteiger partial charge on any atom is 0.269 e. The Morgan fingerprint density at radius 1 is 1.22 bits per heavy atom. The molecule has 10 heteroatoms. The molecule has 0 atom stereocenters. The maximum atomic E-state index is 12.4. The minimum absolute atomic E-state index is 0.00922. The summed E-state index contributed by atoms with van der Waals surface area (Å²) in [6.45, 7) is 0.951. The highest BCUT2D eigenvalue weighted by atomic mass is 32.2. The van der Waals surface area contributed by atoms with Gasteiger partial charge in [-0.1, -0.05) is 18.2 Å². The molecule has 27 heavy (non-hydrogen) atoms. The number of rotatable bonds is 6. The molecule has 1 aromatic carbocycles. The molecular formula is C17H19N3O5S2. The molecule has 1 aliphatic rings. The van der Waals surface area contributed by atoms with Crippen LogP contribution in [-0.2, 0) is 21.2 Å². The Bertz CT molecular complexity index is 903. The van der Waals surface area contributed by atoms with Crippen LogP contribution in [0.1, 0.15) is 18.4 Å². The van der Waals surface area contributed by atoms with E-state index in [-0.39, 0.29) is 24.1 Å². The van der Waals surface area contributed by atoms with Crippen LogP contribution in [0, 0.1) is 10.1 Å². The number of sulfonamides is 1. The Labute approximate surface area is 161 Å². The molecule has 1 aromatic heterocycles. The second-order valence-electron chi connectivity index (χ2n) is 6.31. The van der Waals surface area contributed by atoms with E-state index in [1.165, 1.54) is 23.5 Å². The highest BCUT2D eigenvalue weighted by molar-refractivity contribution is 7.91. The molecule has 1 fully saturated rings. The van der Waals surface area contributed by atoms with Gasteiger partial charge < -0.3 is 4.90 Å². The summed E-state index contributed by atoms with van der Waals surface area (Å²) in [6, 6.07) is 8.99. The molecule has 2 heterocycles. The van der Waals surface area contributed by atoms with E-state index < -0.39 is 14.9 Å². The summed E-state index contributed by atoms with van der Waals surface area (Å²) >= 11 is 1.17. The summed E-state index contributed by atoms with van der Waals surface area (Å²) in [5.74, 6) is -0.0663. The number of nitro groups is 1. The Balaban J connectivity index is 1.51. The van der Waals surface area contributed by atoms with Crippen LogP contribution >= 0.6 is 11.3 Å². The van der Waals surface area contributed by atoms with Crippen LogP contribution in [-0.4, -0.2) is 43.3 Å². The molecule has 2 aromatic rings. The molecule has 1 N–H and O–H groups in total. The number of carbonyl (C=O) groups excluding carboxylic acids is 1. The van der Waals surface area contributed by atoms with Gasteiger partial charge in [0.15, 0.2) is 0 Å². The predicted octanol–water partition coefficient (Wildman–Crippen LogP) is 2.17. The van der Waals surface area contributed by atoms with Gasteiger partial charge in [-0.2, -0.15) is 0 Å². The molecule has 3 rings (SSSR count). The smallest absolute Gasteiger partial charge is 0.269 e. The molecular weight excluding hydrogens is 390 g/mol. The molecule has 1 amide bonds. The standard InChI is InChI=1S/C17H19N3O5S2/c21-16(12-13-3-5-15(6-4-13)20(22)23)19-9-7-14(8-10-19)18-27(24,25)17-2-1-11-26-17/h1-6,11,14,18H,7-10,12H2. The molecule has 0 spiro atoms. The lowest BCUT2D eigenvalue weighted by molar-refractivity contribution is -0.384. The lowest BCUT2D eigenvalue weighted by Gasteiger charge is -2.32. The van der Waals surface area contributed by atoms with Crippen LogP contribution in [0.25, 0.3) is 0 Å². The zero-order chi connectivity index (χ0) is 19.4. The lowest BCUT2D eigenvalue weighted by atomic mass is 10.0. The molecule has 0 aliphatic carbocycles. The van der Waals surface area contributed by atoms with Gasteiger partial charge >= 0.3 is 0 Å². The van der Waals surface area contributed by atoms with Crippen molar-refractivity contribution in [3.63, 3.8) is 0 Å². The van der Waals surface area contributed by atoms with Crippen molar-refractivity contribution in [2.45, 2.75) is 29.5 Å². The largest absolute Gasteiger partial charge is 0.342 e. The predicted molar refractivity (Wildman–Crippen MR) is 101 cm³/mol. The molecule has 0 unspecified atom stereocenters. The summed E-state index contributed by atoms with van der Waals surface area (Å²) in [7, 11) is -3.50. The van der Waals surface area contributed by atoms with E-state index in [0.29, 0.717) is 35.7 Å². The van der Waals surface area contributed by atoms with E-state index in [9.17, 15) is 23.3 Å². The Morgan fingerprint density at radius 3 is 2.44 bits per heavy atom. The molecule has 0 radical (unpaired) electrons. The topological polar surface area (TPSA) is 110 Å². The molecule has 8 nitrogen and oxygen atoms in total. The third-order valence-electron chi connectivity index (χ3n) is 4.43. The number of hydrogen-bond donors (Lipinski definition) is 1. The molecule has 1 aliphatic heterocycles. The normalized spacial score (nSPS) is 15.6. The van der Waals surface area contributed by atoms with Gasteiger partial charge in [0.25, 0.3) is 5.69 Å². The van der Waals surface area contributed by atoms with E-state index in [1.807, 2.05) is 0 Å². The minimum Gasteiger partial charge on any atom is -0.342 e. The first-order valence-electron chi connectivity index (χ1n) is 8.42. The zero-order valence-electron chi connectivity index (χ0n) is 14.4. The Kier molecular flexibility index (Phi) is 5.88. The van der Waals surface area contributed by atoms with Crippen molar-refractivity contribution in [2.75, 3.05) is 13.1 Å². The first-order chi connectivity index (χ1) is 12.8. The fourth-order valence-electron chi connectivity index (χ4n) is 2.96. The van der Waals surface area contributed by atoms with Gasteiger partial charge in [-0.05, 0) is 29.9 Å². The van der Waals surface area contributed by atoms with Gasteiger partial charge in [-0.3, -0.25) is 14.9 Å². The summed E-state index contributed by atoms with van der Waals surface area (Å²) < 4.78 is 27.5. The van der Waals surface area contributed by atoms with Gasteiger partial charge in [-0.25, -0.2) is 13.1 Å². The number of nitrogens with zero attached hydrogens (tertiary/aromatic N) is 2. The van der Waals surface area contributed by atoms with Crippen LogP contribution in [0.4, 0.5) is 5.69 Å². The second kappa shape index (κ2) is 8.15. The first kappa shape index (κ1) is 19.5. The molecule has 0 bridgehead atoms. The number of hydrogen-bond acceptors (Lipinski definition) is 6. The highest BCUT2D eigenvalue weighted by Gasteiger charge is 2.27. The van der Waals surface area contributed by atoms with Gasteiger partial charge in [0.1, 0.15) is 4.21 Å². The van der Waals surface area contributed by atoms with Crippen LogP contribution in [0.3, 0.4) is 0 Å². The molecule has 0 saturated carbocycles. The van der Waals surface area contributed by atoms with Gasteiger partial charge in [0, 0.05) is 31.3 Å². The number of benzene rings is 1. The number of carbonyl (C=O) groups is 1. The van der Waals surface area contributed by atoms with Gasteiger partial charge in [0.05, 0.1) is 11.3 Å². The van der Waals surface area contributed by atoms with Crippen LogP contribution in [0.2, 0.25) is 0 Å². The third kappa shape index (κ3) is 4.90. The van der Waals surface area contributed by atoms with Crippen molar-refractivity contribution >= 4 is 33.0 Å². The van der Waals surface area contributed by atoms with Crippen LogP contribution in [0.5, 0.6) is 0 Å². The van der Waals surface area contributed by atoms with Gasteiger partial charge in [-0.15, -0.1) is 11.3 Å². The maximum absolute atomic E-state index is 12.4. The Morgan fingerprint density at radius 2 is 1.89 bits per heavy atom. The van der Waals surface area contributed by atoms with E-state index in [1.54, 1.807) is 34.5 Å². The quantitative estimate of drug-likeness (QED) is 0.581. The monoisotopic (exact) mass is 409 g/mol. The molecule has 144 valence electrons. The van der Waals surface area contributed by atoms with Gasteiger partial charge in [0.2, 0.25) is 15.9 Å². The average Bonchev–Trinajstić information content (AvgIpc) is 3.18. The highest BCUT2D eigenvalue weighted by Crippen LogP contribution is 2.19. The number of nitrogens with one attached hydrogen (secondary N) is 1. The number of nitro benzene ring substituents is 1. The van der Waals surface area contributed by atoms with E-state index in [4.69, 9.17) is 0 Å². The van der Waals surface area contributed by atoms with Crippen molar-refractivity contribution in [3.05, 3.63) is 57.5 Å². The number of piperidine rings is 1. The van der Waals surface area contributed by atoms with Crippen LogP contribution in [0.15, 0.2) is 46.0 Å². The third-order valence-corrected chi connectivity index (χ3v) is 7.35. The summed E-state index contributed by atoms with van der Waals surface area (Å²) in [5.41, 5.74) is 0.705. The average molecular weight is 409 g/mol. The zero-order valence-corrected chi connectivity index (χ0v) is 16.0. The van der Waals surface area contributed by atoms with E-state index >= 15 is 0 Å². The fraction of sp³-hybridized carbons (Fsp3) is 0.353. The fourth-order valence-corrected chi connectivity index (χ4v) is 5.28. The van der Waals surface area contributed by atoms with E-state index in [2.05, 4.69) is 4.72 Å². The van der Waals surface area contributed by atoms with Crippen molar-refractivity contribution in [3.8, 4) is 0 Å². The van der Waals surface area contributed by atoms with Crippen molar-refractivity contribution < 1.29 is 18.1 Å². The minimum atomic E-state index is -3.50. The summed E-state index contributed by atoms with van der Waals surface area (Å²) in [6.07, 6.45) is 1.27. The first-order valence-corrected chi connectivity index (χ1v) is 10.8. The summed E-state index contributed by atoms with van der Waals surface area (Å²) in [5, 5.41) is 12.4. The summed E-state index contributed by atoms with van der Waals surface area (Å²) in [4.78, 5) is 24.3. The Hall–Kier alpha value is -2.30. The van der Waals surface area contributed by atoms with Crippen molar-refractivity contribution in [1.29, 1.82) is 0 Å². The number of likely N-dealkylation sites (tertiary alicyclic amines) is 1. The SMILES string of the molecule is O=C(Cc1ccc([N+](=O)[O-])cc1)N1CCC(NS(=O)(=O)c2cccs2)CC1. The molecule has 1 saturated heterocycles. The number of non-ortho nitro benzene ring substituents is 1. The second-order valence-corrected chi connectivity index (χ2v) is 9.20. The number of amides is 1. The lowest BCUT2D eigenvalue weighted by Crippen LogP contribution is -2.46. The van der Waals surface area contributed by atoms with Crippen LogP contribution < -0.4 is 4.72 Å². The van der Waals surface area contributed by atoms with Crippen molar-refractivity contribution in [1.82, 2.24) is 9.62 Å².